The van der Waals surface area contributed by atoms with Crippen LogP contribution in [0.3, 0.4) is 0 Å². The number of aromatic hydroxyl groups is 1. The van der Waals surface area contributed by atoms with Crippen molar-refractivity contribution in [1.82, 2.24) is 9.97 Å². The number of ether oxygens (including phenoxy) is 2. The standard InChI is InChI=1S/C34H23N3O3/c38-29-14-3-1-10-24(29)26-12-9-18-34(36-26)37-27-13-2-4-15-30(27)39-32-16-5-6-17-33(32)40-31-20-19-23(22-28(31)37)25-11-7-8-21-35-25/h1-22,38H. The third kappa shape index (κ3) is 4.27. The molecule has 0 amide bonds. The molecule has 0 fully saturated rings. The highest BCUT2D eigenvalue weighted by Gasteiger charge is 2.26. The zero-order valence-electron chi connectivity index (χ0n) is 21.3. The van der Waals surface area contributed by atoms with Gasteiger partial charge in [0.15, 0.2) is 23.0 Å². The number of nitrogens with zero attached hydrogens (tertiary/aromatic N) is 3. The van der Waals surface area contributed by atoms with Crippen LogP contribution in [-0.4, -0.2) is 15.1 Å². The van der Waals surface area contributed by atoms with Gasteiger partial charge in [-0.25, -0.2) is 4.98 Å². The van der Waals surface area contributed by atoms with E-state index in [-0.39, 0.29) is 5.75 Å². The molecule has 4 aromatic carbocycles. The lowest BCUT2D eigenvalue weighted by Crippen LogP contribution is -2.13. The number of benzene rings is 4. The minimum absolute atomic E-state index is 0.164. The Balaban J connectivity index is 1.50. The molecule has 0 saturated heterocycles. The largest absolute Gasteiger partial charge is 0.507 e. The van der Waals surface area contributed by atoms with Crippen molar-refractivity contribution in [3.8, 4) is 51.3 Å². The molecule has 192 valence electrons. The number of aromatic nitrogens is 2. The van der Waals surface area contributed by atoms with E-state index >= 15 is 0 Å². The van der Waals surface area contributed by atoms with Crippen LogP contribution in [0.4, 0.5) is 17.2 Å². The number of para-hydroxylation sites is 5. The zero-order valence-corrected chi connectivity index (χ0v) is 21.3. The summed E-state index contributed by atoms with van der Waals surface area (Å²) in [5, 5.41) is 10.6. The van der Waals surface area contributed by atoms with Gasteiger partial charge in [-0.3, -0.25) is 9.88 Å². The third-order valence-electron chi connectivity index (χ3n) is 6.70. The molecule has 2 aromatic heterocycles. The van der Waals surface area contributed by atoms with Gasteiger partial charge >= 0.3 is 0 Å². The van der Waals surface area contributed by atoms with E-state index in [1.54, 1.807) is 18.3 Å². The Labute approximate surface area is 231 Å². The summed E-state index contributed by atoms with van der Waals surface area (Å²) in [6.07, 6.45) is 1.78. The van der Waals surface area contributed by atoms with Gasteiger partial charge in [-0.15, -0.1) is 0 Å². The van der Waals surface area contributed by atoms with Gasteiger partial charge < -0.3 is 14.6 Å². The second kappa shape index (κ2) is 9.93. The molecule has 6 heteroatoms. The summed E-state index contributed by atoms with van der Waals surface area (Å²) in [5.74, 6) is 3.27. The number of hydrogen-bond acceptors (Lipinski definition) is 6. The van der Waals surface area contributed by atoms with Crippen LogP contribution in [0.25, 0.3) is 22.5 Å². The Morgan fingerprint density at radius 3 is 2.00 bits per heavy atom. The summed E-state index contributed by atoms with van der Waals surface area (Å²) in [5.41, 5.74) is 4.59. The number of anilines is 3. The lowest BCUT2D eigenvalue weighted by molar-refractivity contribution is 0.423. The lowest BCUT2D eigenvalue weighted by atomic mass is 10.1. The topological polar surface area (TPSA) is 67.7 Å². The van der Waals surface area contributed by atoms with E-state index in [4.69, 9.17) is 14.5 Å². The lowest BCUT2D eigenvalue weighted by Gasteiger charge is -2.27. The van der Waals surface area contributed by atoms with E-state index in [1.165, 1.54) is 0 Å². The summed E-state index contributed by atoms with van der Waals surface area (Å²) in [4.78, 5) is 11.6. The van der Waals surface area contributed by atoms with Gasteiger partial charge in [0.05, 0.1) is 22.8 Å². The molecule has 1 N–H and O–H groups in total. The predicted molar refractivity (Wildman–Crippen MR) is 156 cm³/mol. The Morgan fingerprint density at radius 1 is 0.550 bits per heavy atom. The number of hydrogen-bond donors (Lipinski definition) is 1. The van der Waals surface area contributed by atoms with E-state index in [2.05, 4.69) is 11.1 Å². The SMILES string of the molecule is Oc1ccccc1-c1cccc(N2c3ccccc3Oc3ccccc3Oc3ccc(-c4ccccn4)cc32)n1. The highest BCUT2D eigenvalue weighted by molar-refractivity contribution is 5.86. The van der Waals surface area contributed by atoms with Gasteiger partial charge in [-0.1, -0.05) is 48.5 Å². The first-order valence-corrected chi connectivity index (χ1v) is 12.9. The number of pyridine rings is 2. The number of fused-ring (bicyclic) bond motifs is 3. The second-order valence-corrected chi connectivity index (χ2v) is 9.25. The Bertz CT molecular complexity index is 1840. The van der Waals surface area contributed by atoms with Crippen LogP contribution in [0.1, 0.15) is 0 Å². The fourth-order valence-electron chi connectivity index (χ4n) is 4.82. The van der Waals surface area contributed by atoms with Crippen molar-refractivity contribution in [2.45, 2.75) is 0 Å². The minimum atomic E-state index is 0.164. The predicted octanol–water partition coefficient (Wildman–Crippen LogP) is 8.88. The van der Waals surface area contributed by atoms with Crippen LogP contribution in [0.5, 0.6) is 28.7 Å². The van der Waals surface area contributed by atoms with Crippen molar-refractivity contribution in [2.24, 2.45) is 0 Å². The average molecular weight is 522 g/mol. The summed E-state index contributed by atoms with van der Waals surface area (Å²) in [7, 11) is 0. The molecule has 6 nitrogen and oxygen atoms in total. The second-order valence-electron chi connectivity index (χ2n) is 9.25. The average Bonchev–Trinajstić information content (AvgIpc) is 3.06. The van der Waals surface area contributed by atoms with E-state index < -0.39 is 0 Å². The first kappa shape index (κ1) is 23.5. The molecule has 0 atom stereocenters. The van der Waals surface area contributed by atoms with Gasteiger partial charge in [0, 0.05) is 17.3 Å². The number of phenolic OH excluding ortho intramolecular Hbond substituents is 1. The molecule has 40 heavy (non-hydrogen) atoms. The van der Waals surface area contributed by atoms with Crippen molar-refractivity contribution in [1.29, 1.82) is 0 Å². The fraction of sp³-hybridized carbons (Fsp3) is 0. The fourth-order valence-corrected chi connectivity index (χ4v) is 4.82. The maximum absolute atomic E-state index is 10.6. The van der Waals surface area contributed by atoms with Gasteiger partial charge in [-0.05, 0) is 78.9 Å². The minimum Gasteiger partial charge on any atom is -0.507 e. The summed E-state index contributed by atoms with van der Waals surface area (Å²) >= 11 is 0. The monoisotopic (exact) mass is 521 g/mol. The highest BCUT2D eigenvalue weighted by atomic mass is 16.5. The van der Waals surface area contributed by atoms with Crippen LogP contribution in [-0.2, 0) is 0 Å². The van der Waals surface area contributed by atoms with Crippen molar-refractivity contribution < 1.29 is 14.6 Å². The van der Waals surface area contributed by atoms with Crippen LogP contribution in [0.15, 0.2) is 134 Å². The van der Waals surface area contributed by atoms with Crippen LogP contribution in [0, 0.1) is 0 Å². The molecule has 0 radical (unpaired) electrons. The number of rotatable bonds is 3. The maximum atomic E-state index is 10.6. The maximum Gasteiger partial charge on any atom is 0.170 e. The Morgan fingerprint density at radius 2 is 1.23 bits per heavy atom. The highest BCUT2D eigenvalue weighted by Crippen LogP contribution is 2.50. The first-order valence-electron chi connectivity index (χ1n) is 12.9. The molecule has 0 saturated carbocycles. The van der Waals surface area contributed by atoms with Crippen LogP contribution in [0.2, 0.25) is 0 Å². The smallest absolute Gasteiger partial charge is 0.170 e. The van der Waals surface area contributed by atoms with E-state index in [0.717, 1.165) is 22.6 Å². The Kier molecular flexibility index (Phi) is 5.83. The van der Waals surface area contributed by atoms with Crippen LogP contribution >= 0.6 is 0 Å². The molecule has 0 unspecified atom stereocenters. The number of phenols is 1. The van der Waals surface area contributed by atoms with Gasteiger partial charge in [0.2, 0.25) is 0 Å². The van der Waals surface area contributed by atoms with E-state index in [1.807, 2.05) is 114 Å². The summed E-state index contributed by atoms with van der Waals surface area (Å²) in [6.45, 7) is 0. The molecular formula is C34H23N3O3. The summed E-state index contributed by atoms with van der Waals surface area (Å²) in [6, 6.07) is 40.2. The normalized spacial score (nSPS) is 11.9. The van der Waals surface area contributed by atoms with E-state index in [0.29, 0.717) is 40.1 Å². The first-order chi connectivity index (χ1) is 19.7. The van der Waals surface area contributed by atoms with Crippen molar-refractivity contribution >= 4 is 17.2 Å². The van der Waals surface area contributed by atoms with Gasteiger partial charge in [-0.2, -0.15) is 0 Å². The molecule has 6 aromatic rings. The van der Waals surface area contributed by atoms with Gasteiger partial charge in [0.25, 0.3) is 0 Å². The van der Waals surface area contributed by atoms with Crippen molar-refractivity contribution in [3.63, 3.8) is 0 Å². The molecule has 0 spiro atoms. The molecule has 7 rings (SSSR count). The van der Waals surface area contributed by atoms with Crippen LogP contribution < -0.4 is 14.4 Å². The molecule has 1 aliphatic rings. The summed E-state index contributed by atoms with van der Waals surface area (Å²) < 4.78 is 13.0. The van der Waals surface area contributed by atoms with Crippen molar-refractivity contribution in [3.05, 3.63) is 134 Å². The zero-order chi connectivity index (χ0) is 26.9. The quantitative estimate of drug-likeness (QED) is 0.250. The Hall–Kier alpha value is -5.62. The molecule has 0 bridgehead atoms. The van der Waals surface area contributed by atoms with E-state index in [9.17, 15) is 5.11 Å². The molecule has 3 heterocycles. The third-order valence-corrected chi connectivity index (χ3v) is 6.70. The van der Waals surface area contributed by atoms with Crippen molar-refractivity contribution in [2.75, 3.05) is 4.90 Å². The molecule has 1 aliphatic heterocycles. The molecular weight excluding hydrogens is 498 g/mol. The van der Waals surface area contributed by atoms with Gasteiger partial charge in [0.1, 0.15) is 11.6 Å². The molecule has 0 aliphatic carbocycles.